The van der Waals surface area contributed by atoms with Gasteiger partial charge in [0.25, 0.3) is 0 Å². The molecule has 5 atom stereocenters. The molecule has 0 bridgehead atoms. The van der Waals surface area contributed by atoms with Gasteiger partial charge in [-0.1, -0.05) is 25.1 Å². The van der Waals surface area contributed by atoms with Gasteiger partial charge in [-0.25, -0.2) is 0 Å². The third-order valence-electron chi connectivity index (χ3n) is 9.69. The van der Waals surface area contributed by atoms with Crippen LogP contribution in [0, 0.1) is 17.3 Å². The average molecular weight is 630 g/mol. The molecule has 2 saturated carbocycles. The van der Waals surface area contributed by atoms with Crippen LogP contribution in [0.15, 0.2) is 30.4 Å². The molecule has 0 amide bonds. The number of aliphatic hydroxyl groups is 1. The second-order valence-corrected chi connectivity index (χ2v) is 11.8. The Morgan fingerprint density at radius 1 is 0.810 bits per heavy atom. The van der Waals surface area contributed by atoms with E-state index in [0.717, 1.165) is 11.1 Å². The van der Waals surface area contributed by atoms with Crippen LogP contribution >= 0.6 is 0 Å². The molecule has 0 aliphatic heterocycles. The molecule has 0 heterocycles. The van der Waals surface area contributed by atoms with E-state index < -0.39 is 53.2 Å². The lowest BCUT2D eigenvalue weighted by molar-refractivity contribution is -0.439. The SMILES string of the molecule is C[C@]12CC[C@@H]3c4ccc(O)cc4CC[C@H]3[C@@H]1CC[C@@]2(O)/C=C/CC(F)(F)C(F)(F)C(F)(F)C(F)(F)C(F)(F)C(F)(F)F. The van der Waals surface area contributed by atoms with Crippen LogP contribution in [0.4, 0.5) is 57.1 Å². The highest BCUT2D eigenvalue weighted by Crippen LogP contribution is 2.65. The van der Waals surface area contributed by atoms with Gasteiger partial charge in [0.2, 0.25) is 0 Å². The van der Waals surface area contributed by atoms with Gasteiger partial charge >= 0.3 is 35.8 Å². The van der Waals surface area contributed by atoms with Crippen molar-refractivity contribution >= 4 is 0 Å². The van der Waals surface area contributed by atoms with Crippen molar-refractivity contribution in [1.29, 1.82) is 0 Å². The first-order valence-electron chi connectivity index (χ1n) is 13.1. The highest BCUT2D eigenvalue weighted by atomic mass is 19.4. The van der Waals surface area contributed by atoms with Gasteiger partial charge in [0.05, 0.1) is 5.60 Å². The molecular formula is C27H27F13O2. The molecular weight excluding hydrogens is 603 g/mol. The Hall–Kier alpha value is -2.19. The fourth-order valence-electron chi connectivity index (χ4n) is 7.23. The monoisotopic (exact) mass is 630 g/mol. The number of phenols is 1. The van der Waals surface area contributed by atoms with Crippen LogP contribution in [0.1, 0.15) is 62.5 Å². The van der Waals surface area contributed by atoms with Crippen LogP contribution in [0.25, 0.3) is 0 Å². The molecule has 42 heavy (non-hydrogen) atoms. The van der Waals surface area contributed by atoms with Gasteiger partial charge in [-0.3, -0.25) is 0 Å². The lowest BCUT2D eigenvalue weighted by Gasteiger charge is -2.52. The predicted molar refractivity (Wildman–Crippen MR) is 122 cm³/mol. The first kappa shape index (κ1) is 32.7. The number of rotatable bonds is 7. The summed E-state index contributed by atoms with van der Waals surface area (Å²) in [5, 5.41) is 21.2. The molecule has 2 N–H and O–H groups in total. The quantitative estimate of drug-likeness (QED) is 0.234. The normalized spacial score (nSPS) is 31.2. The smallest absolute Gasteiger partial charge is 0.460 e. The minimum Gasteiger partial charge on any atom is -0.508 e. The van der Waals surface area contributed by atoms with Crippen molar-refractivity contribution in [2.24, 2.45) is 17.3 Å². The Kier molecular flexibility index (Phi) is 7.52. The first-order valence-corrected chi connectivity index (χ1v) is 13.1. The van der Waals surface area contributed by atoms with Crippen LogP contribution in [-0.2, 0) is 6.42 Å². The lowest BCUT2D eigenvalue weighted by atomic mass is 9.53. The summed E-state index contributed by atoms with van der Waals surface area (Å²) in [6.45, 7) is 1.65. The summed E-state index contributed by atoms with van der Waals surface area (Å²) < 4.78 is 174. The maximum Gasteiger partial charge on any atom is 0.460 e. The summed E-state index contributed by atoms with van der Waals surface area (Å²) in [6, 6.07) is 5.01. The van der Waals surface area contributed by atoms with E-state index in [1.165, 1.54) is 0 Å². The van der Waals surface area contributed by atoms with Crippen molar-refractivity contribution in [3.05, 3.63) is 41.5 Å². The standard InChI is InChI=1S/C27H27F13O2/c1-20-11-7-17-16-6-4-15(41)13-14(16)3-5-18(17)19(20)8-12-21(20,42)9-2-10-22(28,29)23(30,31)24(32,33)25(34,35)26(36,37)27(38,39)40/h2,4,6,9,13,17-19,41-42H,3,5,7-8,10-12H2,1H3/b9-2+/t17-,18-,19+,20+,21+/m1/s1. The van der Waals surface area contributed by atoms with Crippen molar-refractivity contribution in [2.45, 2.75) is 99.2 Å². The predicted octanol–water partition coefficient (Wildman–Crippen LogP) is 8.66. The Bertz CT molecular complexity index is 1220. The van der Waals surface area contributed by atoms with Gasteiger partial charge in [-0.15, -0.1) is 0 Å². The molecule has 4 rings (SSSR count). The van der Waals surface area contributed by atoms with E-state index in [-0.39, 0.29) is 36.0 Å². The van der Waals surface area contributed by atoms with Gasteiger partial charge in [0, 0.05) is 11.8 Å². The van der Waals surface area contributed by atoms with Gasteiger partial charge in [-0.2, -0.15) is 57.1 Å². The molecule has 238 valence electrons. The molecule has 3 aliphatic rings. The summed E-state index contributed by atoms with van der Waals surface area (Å²) in [7, 11) is 0. The Labute approximate surface area is 231 Å². The average Bonchev–Trinajstić information content (AvgIpc) is 3.12. The number of benzene rings is 1. The number of aromatic hydroxyl groups is 1. The zero-order chi connectivity index (χ0) is 31.9. The Morgan fingerprint density at radius 3 is 2.00 bits per heavy atom. The number of halogens is 13. The van der Waals surface area contributed by atoms with Crippen LogP contribution < -0.4 is 0 Å². The van der Waals surface area contributed by atoms with Crippen molar-refractivity contribution in [2.75, 3.05) is 0 Å². The van der Waals surface area contributed by atoms with E-state index in [0.29, 0.717) is 38.2 Å². The van der Waals surface area contributed by atoms with E-state index in [1.807, 2.05) is 0 Å². The summed E-state index contributed by atoms with van der Waals surface area (Å²) in [6.07, 6.45) is -6.66. The number of hydrogen-bond acceptors (Lipinski definition) is 2. The van der Waals surface area contributed by atoms with Crippen molar-refractivity contribution in [3.8, 4) is 5.75 Å². The van der Waals surface area contributed by atoms with E-state index in [2.05, 4.69) is 0 Å². The van der Waals surface area contributed by atoms with Crippen LogP contribution in [0.2, 0.25) is 0 Å². The molecule has 3 aliphatic carbocycles. The topological polar surface area (TPSA) is 40.5 Å². The maximum absolute atomic E-state index is 14.3. The second-order valence-electron chi connectivity index (χ2n) is 11.8. The summed E-state index contributed by atoms with van der Waals surface area (Å²) in [4.78, 5) is 0. The van der Waals surface area contributed by atoms with Crippen LogP contribution in [0.5, 0.6) is 5.75 Å². The zero-order valence-corrected chi connectivity index (χ0v) is 21.9. The first-order chi connectivity index (χ1) is 18.9. The largest absolute Gasteiger partial charge is 0.508 e. The van der Waals surface area contributed by atoms with Gasteiger partial charge in [-0.05, 0) is 79.5 Å². The third-order valence-corrected chi connectivity index (χ3v) is 9.69. The minimum absolute atomic E-state index is 0.0187. The molecule has 2 fully saturated rings. The maximum atomic E-state index is 14.3. The Balaban J connectivity index is 1.55. The van der Waals surface area contributed by atoms with Crippen molar-refractivity contribution in [1.82, 2.24) is 0 Å². The molecule has 0 unspecified atom stereocenters. The van der Waals surface area contributed by atoms with Crippen molar-refractivity contribution < 1.29 is 67.3 Å². The summed E-state index contributed by atoms with van der Waals surface area (Å²) in [5.41, 5.74) is -0.930. The molecule has 2 nitrogen and oxygen atoms in total. The number of allylic oxidation sites excluding steroid dienone is 1. The molecule has 0 saturated heterocycles. The number of hydrogen-bond donors (Lipinski definition) is 2. The molecule has 0 spiro atoms. The van der Waals surface area contributed by atoms with Gasteiger partial charge < -0.3 is 10.2 Å². The zero-order valence-electron chi connectivity index (χ0n) is 21.9. The van der Waals surface area contributed by atoms with Gasteiger partial charge in [0.1, 0.15) is 5.75 Å². The minimum atomic E-state index is -7.94. The van der Waals surface area contributed by atoms with E-state index >= 15 is 0 Å². The summed E-state index contributed by atoms with van der Waals surface area (Å²) >= 11 is 0. The van der Waals surface area contributed by atoms with Gasteiger partial charge in [0.15, 0.2) is 0 Å². The molecule has 0 aromatic heterocycles. The second kappa shape index (κ2) is 9.65. The number of alkyl halides is 13. The molecule has 15 heteroatoms. The van der Waals surface area contributed by atoms with Crippen LogP contribution in [0.3, 0.4) is 0 Å². The highest BCUT2D eigenvalue weighted by molar-refractivity contribution is 5.40. The fraction of sp³-hybridized carbons (Fsp3) is 0.704. The number of phenolic OH excluding ortho intramolecular Hbond substituents is 1. The van der Waals surface area contributed by atoms with E-state index in [4.69, 9.17) is 0 Å². The molecule has 1 aromatic rings. The van der Waals surface area contributed by atoms with Crippen molar-refractivity contribution in [3.63, 3.8) is 0 Å². The molecule has 1 aromatic carbocycles. The Morgan fingerprint density at radius 2 is 1.40 bits per heavy atom. The number of aryl methyl sites for hydroxylation is 1. The summed E-state index contributed by atoms with van der Waals surface area (Å²) in [5.74, 6) is -37.1. The fourth-order valence-corrected chi connectivity index (χ4v) is 7.23. The lowest BCUT2D eigenvalue weighted by Crippen LogP contribution is -2.70. The highest BCUT2D eigenvalue weighted by Gasteiger charge is 2.90. The van der Waals surface area contributed by atoms with E-state index in [9.17, 15) is 67.3 Å². The van der Waals surface area contributed by atoms with E-state index in [1.54, 1.807) is 25.1 Å². The molecule has 0 radical (unpaired) electrons. The third kappa shape index (κ3) is 4.41. The van der Waals surface area contributed by atoms with Crippen LogP contribution in [-0.4, -0.2) is 51.6 Å². The number of fused-ring (bicyclic) bond motifs is 5.